The lowest BCUT2D eigenvalue weighted by molar-refractivity contribution is 0.352. The fourth-order valence-electron chi connectivity index (χ4n) is 1.75. The van der Waals surface area contributed by atoms with Gasteiger partial charge in [-0.2, -0.15) is 0 Å². The molecule has 15 heavy (non-hydrogen) atoms. The molecule has 4 heteroatoms. The van der Waals surface area contributed by atoms with Gasteiger partial charge in [0.2, 0.25) is 0 Å². The number of halogens is 2. The summed E-state index contributed by atoms with van der Waals surface area (Å²) in [5.41, 5.74) is 0.461. The van der Waals surface area contributed by atoms with Gasteiger partial charge < -0.3 is 10.2 Å². The Morgan fingerprint density at radius 2 is 2.13 bits per heavy atom. The van der Waals surface area contributed by atoms with E-state index in [1.807, 2.05) is 11.9 Å². The minimum absolute atomic E-state index is 0.461. The van der Waals surface area contributed by atoms with Crippen molar-refractivity contribution in [2.24, 2.45) is 5.92 Å². The molecular formula is C11H14F2N2. The first-order valence-electron chi connectivity index (χ1n) is 5.03. The third kappa shape index (κ3) is 2.26. The minimum atomic E-state index is -0.532. The standard InChI is InChI=1S/C11H14F2N2/c1-15(7-8-5-14-6-8)11-3-2-9(12)4-10(11)13/h2-4,8,14H,5-7H2,1H3. The molecule has 1 aliphatic heterocycles. The number of benzene rings is 1. The maximum atomic E-state index is 13.4. The molecule has 2 rings (SSSR count). The molecular weight excluding hydrogens is 198 g/mol. The second-order valence-corrected chi connectivity index (χ2v) is 4.00. The first-order chi connectivity index (χ1) is 7.16. The van der Waals surface area contributed by atoms with Crippen LogP contribution in [0.5, 0.6) is 0 Å². The Labute approximate surface area is 87.9 Å². The summed E-state index contributed by atoms with van der Waals surface area (Å²) in [6, 6.07) is 3.69. The topological polar surface area (TPSA) is 15.3 Å². The van der Waals surface area contributed by atoms with Crippen molar-refractivity contribution < 1.29 is 8.78 Å². The molecule has 0 atom stereocenters. The normalized spacial score (nSPS) is 16.2. The monoisotopic (exact) mass is 212 g/mol. The van der Waals surface area contributed by atoms with Crippen molar-refractivity contribution in [2.75, 3.05) is 31.6 Å². The third-order valence-corrected chi connectivity index (χ3v) is 2.72. The molecule has 1 N–H and O–H groups in total. The quantitative estimate of drug-likeness (QED) is 0.819. The van der Waals surface area contributed by atoms with Gasteiger partial charge >= 0.3 is 0 Å². The van der Waals surface area contributed by atoms with Crippen molar-refractivity contribution >= 4 is 5.69 Å². The molecule has 82 valence electrons. The van der Waals surface area contributed by atoms with Gasteiger partial charge in [-0.25, -0.2) is 8.78 Å². The van der Waals surface area contributed by atoms with Crippen molar-refractivity contribution in [3.8, 4) is 0 Å². The molecule has 1 aromatic carbocycles. The summed E-state index contributed by atoms with van der Waals surface area (Å²) in [6.07, 6.45) is 0. The highest BCUT2D eigenvalue weighted by atomic mass is 19.1. The predicted octanol–water partition coefficient (Wildman–Crippen LogP) is 1.62. The zero-order valence-electron chi connectivity index (χ0n) is 8.63. The molecule has 0 spiro atoms. The summed E-state index contributed by atoms with van der Waals surface area (Å²) in [5, 5.41) is 3.16. The summed E-state index contributed by atoms with van der Waals surface area (Å²) in [6.45, 7) is 2.76. The van der Waals surface area contributed by atoms with Gasteiger partial charge in [0.15, 0.2) is 0 Å². The van der Waals surface area contributed by atoms with Crippen molar-refractivity contribution in [3.63, 3.8) is 0 Å². The van der Waals surface area contributed by atoms with E-state index in [9.17, 15) is 8.78 Å². The molecule has 1 aliphatic rings. The Kier molecular flexibility index (Phi) is 2.86. The van der Waals surface area contributed by atoms with Crippen LogP contribution in [0.2, 0.25) is 0 Å². The average Bonchev–Trinajstić information content (AvgIpc) is 2.11. The van der Waals surface area contributed by atoms with Crippen LogP contribution in [0.1, 0.15) is 0 Å². The van der Waals surface area contributed by atoms with Gasteiger partial charge in [0.1, 0.15) is 11.6 Å². The van der Waals surface area contributed by atoms with Crippen LogP contribution in [0.15, 0.2) is 18.2 Å². The van der Waals surface area contributed by atoms with E-state index in [0.29, 0.717) is 11.6 Å². The van der Waals surface area contributed by atoms with Crippen molar-refractivity contribution in [1.29, 1.82) is 0 Å². The fourth-order valence-corrected chi connectivity index (χ4v) is 1.75. The molecule has 1 heterocycles. The molecule has 1 aromatic rings. The molecule has 1 fully saturated rings. The number of rotatable bonds is 3. The van der Waals surface area contributed by atoms with Gasteiger partial charge in [-0.05, 0) is 12.1 Å². The van der Waals surface area contributed by atoms with Crippen LogP contribution in [0, 0.1) is 17.6 Å². The number of nitrogens with zero attached hydrogens (tertiary/aromatic N) is 1. The number of hydrogen-bond acceptors (Lipinski definition) is 2. The molecule has 0 saturated carbocycles. The van der Waals surface area contributed by atoms with Crippen LogP contribution in [-0.2, 0) is 0 Å². The fraction of sp³-hybridized carbons (Fsp3) is 0.455. The third-order valence-electron chi connectivity index (χ3n) is 2.72. The lowest BCUT2D eigenvalue weighted by Crippen LogP contribution is -2.47. The van der Waals surface area contributed by atoms with Gasteiger partial charge in [0.25, 0.3) is 0 Å². The molecule has 1 saturated heterocycles. The van der Waals surface area contributed by atoms with Crippen LogP contribution in [0.4, 0.5) is 14.5 Å². The van der Waals surface area contributed by atoms with Crippen molar-refractivity contribution in [3.05, 3.63) is 29.8 Å². The highest BCUT2D eigenvalue weighted by Crippen LogP contribution is 2.20. The number of anilines is 1. The maximum Gasteiger partial charge on any atom is 0.149 e. The SMILES string of the molecule is CN(CC1CNC1)c1ccc(F)cc1F. The van der Waals surface area contributed by atoms with Crippen LogP contribution in [0.25, 0.3) is 0 Å². The molecule has 0 unspecified atom stereocenters. The lowest BCUT2D eigenvalue weighted by Gasteiger charge is -2.32. The van der Waals surface area contributed by atoms with Crippen molar-refractivity contribution in [1.82, 2.24) is 5.32 Å². The summed E-state index contributed by atoms with van der Waals surface area (Å²) < 4.78 is 26.1. The summed E-state index contributed by atoms with van der Waals surface area (Å²) >= 11 is 0. The average molecular weight is 212 g/mol. The summed E-state index contributed by atoms with van der Waals surface area (Å²) in [7, 11) is 1.83. The number of nitrogens with one attached hydrogen (secondary N) is 1. The van der Waals surface area contributed by atoms with Crippen LogP contribution in [0.3, 0.4) is 0 Å². The zero-order valence-corrected chi connectivity index (χ0v) is 8.63. The smallest absolute Gasteiger partial charge is 0.149 e. The van der Waals surface area contributed by atoms with E-state index < -0.39 is 11.6 Å². The largest absolute Gasteiger partial charge is 0.372 e. The Morgan fingerprint density at radius 1 is 1.40 bits per heavy atom. The van der Waals surface area contributed by atoms with E-state index in [1.165, 1.54) is 12.1 Å². The molecule has 0 aliphatic carbocycles. The van der Waals surface area contributed by atoms with Gasteiger partial charge in [-0.3, -0.25) is 0 Å². The van der Waals surface area contributed by atoms with Crippen LogP contribution in [-0.4, -0.2) is 26.7 Å². The van der Waals surface area contributed by atoms with Crippen LogP contribution >= 0.6 is 0 Å². The summed E-state index contributed by atoms with van der Waals surface area (Å²) in [4.78, 5) is 1.83. The van der Waals surface area contributed by atoms with E-state index in [4.69, 9.17) is 0 Å². The second kappa shape index (κ2) is 4.14. The first kappa shape index (κ1) is 10.4. The van der Waals surface area contributed by atoms with Gasteiger partial charge in [-0.15, -0.1) is 0 Å². The molecule has 0 bridgehead atoms. The number of hydrogen-bond donors (Lipinski definition) is 1. The van der Waals surface area contributed by atoms with E-state index in [0.717, 1.165) is 25.7 Å². The van der Waals surface area contributed by atoms with Crippen molar-refractivity contribution in [2.45, 2.75) is 0 Å². The lowest BCUT2D eigenvalue weighted by atomic mass is 10.0. The van der Waals surface area contributed by atoms with Crippen LogP contribution < -0.4 is 10.2 Å². The van der Waals surface area contributed by atoms with E-state index in [2.05, 4.69) is 5.32 Å². The minimum Gasteiger partial charge on any atom is -0.372 e. The Hall–Kier alpha value is -1.16. The zero-order chi connectivity index (χ0) is 10.8. The predicted molar refractivity (Wildman–Crippen MR) is 56.0 cm³/mol. The Bertz CT molecular complexity index is 350. The highest BCUT2D eigenvalue weighted by Gasteiger charge is 2.19. The molecule has 0 amide bonds. The first-order valence-corrected chi connectivity index (χ1v) is 5.03. The maximum absolute atomic E-state index is 13.4. The van der Waals surface area contributed by atoms with Gasteiger partial charge in [0, 0.05) is 38.7 Å². The van der Waals surface area contributed by atoms with E-state index in [1.54, 1.807) is 0 Å². The van der Waals surface area contributed by atoms with Gasteiger partial charge in [-0.1, -0.05) is 0 Å². The summed E-state index contributed by atoms with van der Waals surface area (Å²) in [5.74, 6) is -0.459. The van der Waals surface area contributed by atoms with Gasteiger partial charge in [0.05, 0.1) is 5.69 Å². The van der Waals surface area contributed by atoms with E-state index in [-0.39, 0.29) is 0 Å². The highest BCUT2D eigenvalue weighted by molar-refractivity contribution is 5.47. The molecule has 0 radical (unpaired) electrons. The second-order valence-electron chi connectivity index (χ2n) is 4.00. The molecule has 0 aromatic heterocycles. The Morgan fingerprint density at radius 3 is 2.67 bits per heavy atom. The van der Waals surface area contributed by atoms with E-state index >= 15 is 0 Å². The Balaban J connectivity index is 2.06. The molecule has 2 nitrogen and oxygen atoms in total.